The third-order valence-electron chi connectivity index (χ3n) is 11.3. The molecule has 2 heterocycles. The van der Waals surface area contributed by atoms with E-state index in [1.165, 1.54) is 99.5 Å². The van der Waals surface area contributed by atoms with Gasteiger partial charge in [-0.1, -0.05) is 170 Å². The molecule has 2 nitrogen and oxygen atoms in total. The molecule has 262 valence electrons. The number of para-hydroxylation sites is 3. The first-order valence-electron chi connectivity index (χ1n) is 19.3. The standard InChI is InChI=1S/C54H36N2/c1-4-16-37(17-5-1)42-28-31-44(39-20-8-3-9-21-39)54(36-42)56-51-27-15-12-24-46(51)48-35-41(30-33-53(48)56)40-29-32-52-47(34-40)45-23-11-14-26-50(45)55(52)49-25-13-10-22-43(49)38-18-6-2-7-19-38/h1-36H. The lowest BCUT2D eigenvalue weighted by Crippen LogP contribution is -1.98. The second-order valence-corrected chi connectivity index (χ2v) is 14.5. The van der Waals surface area contributed by atoms with Gasteiger partial charge in [-0.25, -0.2) is 0 Å². The fourth-order valence-electron chi connectivity index (χ4n) is 8.74. The zero-order valence-corrected chi connectivity index (χ0v) is 30.7. The van der Waals surface area contributed by atoms with Crippen LogP contribution in [0.3, 0.4) is 0 Å². The minimum atomic E-state index is 1.17. The fourth-order valence-corrected chi connectivity index (χ4v) is 8.74. The molecular weight excluding hydrogens is 677 g/mol. The first kappa shape index (κ1) is 32.0. The highest BCUT2D eigenvalue weighted by molar-refractivity contribution is 6.13. The van der Waals surface area contributed by atoms with Gasteiger partial charge in [0.05, 0.1) is 33.4 Å². The van der Waals surface area contributed by atoms with Gasteiger partial charge in [-0.2, -0.15) is 0 Å². The van der Waals surface area contributed by atoms with Crippen LogP contribution in [-0.2, 0) is 0 Å². The van der Waals surface area contributed by atoms with E-state index in [9.17, 15) is 0 Å². The van der Waals surface area contributed by atoms with Crippen molar-refractivity contribution < 1.29 is 0 Å². The predicted octanol–water partition coefficient (Wildman–Crippen LogP) is 14.5. The molecule has 0 spiro atoms. The molecule has 0 amide bonds. The summed E-state index contributed by atoms with van der Waals surface area (Å²) < 4.78 is 4.89. The van der Waals surface area contributed by atoms with Crippen molar-refractivity contribution in [3.8, 4) is 55.9 Å². The van der Waals surface area contributed by atoms with Crippen molar-refractivity contribution >= 4 is 43.6 Å². The van der Waals surface area contributed by atoms with Crippen LogP contribution in [0.15, 0.2) is 218 Å². The van der Waals surface area contributed by atoms with Gasteiger partial charge in [0, 0.05) is 32.7 Å². The number of hydrogen-bond acceptors (Lipinski definition) is 0. The Morgan fingerprint density at radius 1 is 0.214 bits per heavy atom. The van der Waals surface area contributed by atoms with Crippen molar-refractivity contribution in [3.63, 3.8) is 0 Å². The molecule has 0 saturated carbocycles. The maximum absolute atomic E-state index is 2.46. The summed E-state index contributed by atoms with van der Waals surface area (Å²) in [6.07, 6.45) is 0. The Labute approximate surface area is 325 Å². The summed E-state index contributed by atoms with van der Waals surface area (Å²) in [5.74, 6) is 0. The zero-order chi connectivity index (χ0) is 37.0. The van der Waals surface area contributed by atoms with Crippen molar-refractivity contribution in [2.45, 2.75) is 0 Å². The van der Waals surface area contributed by atoms with Crippen LogP contribution < -0.4 is 0 Å². The van der Waals surface area contributed by atoms with Gasteiger partial charge in [-0.05, 0) is 81.9 Å². The largest absolute Gasteiger partial charge is 0.309 e. The van der Waals surface area contributed by atoms with Gasteiger partial charge in [-0.15, -0.1) is 0 Å². The van der Waals surface area contributed by atoms with E-state index in [1.807, 2.05) is 0 Å². The Morgan fingerprint density at radius 3 is 1.18 bits per heavy atom. The highest BCUT2D eigenvalue weighted by Crippen LogP contribution is 2.41. The van der Waals surface area contributed by atoms with Crippen molar-refractivity contribution in [1.29, 1.82) is 0 Å². The van der Waals surface area contributed by atoms with Crippen LogP contribution in [0.5, 0.6) is 0 Å². The molecule has 0 saturated heterocycles. The first-order chi connectivity index (χ1) is 27.8. The fraction of sp³-hybridized carbons (Fsp3) is 0. The number of benzene rings is 9. The Balaban J connectivity index is 1.10. The van der Waals surface area contributed by atoms with Gasteiger partial charge >= 0.3 is 0 Å². The van der Waals surface area contributed by atoms with E-state index in [0.29, 0.717) is 0 Å². The normalized spacial score (nSPS) is 11.6. The van der Waals surface area contributed by atoms with Crippen LogP contribution in [0.25, 0.3) is 99.5 Å². The van der Waals surface area contributed by atoms with Crippen molar-refractivity contribution in [1.82, 2.24) is 9.13 Å². The third-order valence-corrected chi connectivity index (χ3v) is 11.3. The van der Waals surface area contributed by atoms with Crippen molar-refractivity contribution in [3.05, 3.63) is 218 Å². The van der Waals surface area contributed by atoms with Crippen molar-refractivity contribution in [2.75, 3.05) is 0 Å². The molecule has 11 rings (SSSR count). The van der Waals surface area contributed by atoms with Gasteiger partial charge < -0.3 is 9.13 Å². The Kier molecular flexibility index (Phi) is 7.53. The molecule has 2 aromatic heterocycles. The second kappa shape index (κ2) is 13.2. The maximum Gasteiger partial charge on any atom is 0.0546 e. The molecule has 0 N–H and O–H groups in total. The molecule has 0 bridgehead atoms. The molecule has 0 aliphatic heterocycles. The van der Waals surface area contributed by atoms with E-state index >= 15 is 0 Å². The summed E-state index contributed by atoms with van der Waals surface area (Å²) in [4.78, 5) is 0. The average molecular weight is 713 g/mol. The van der Waals surface area contributed by atoms with Crippen LogP contribution in [0, 0.1) is 0 Å². The van der Waals surface area contributed by atoms with Gasteiger partial charge in [0.15, 0.2) is 0 Å². The van der Waals surface area contributed by atoms with Crippen LogP contribution in [0.4, 0.5) is 0 Å². The first-order valence-corrected chi connectivity index (χ1v) is 19.3. The summed E-state index contributed by atoms with van der Waals surface area (Å²) in [7, 11) is 0. The average Bonchev–Trinajstić information content (AvgIpc) is 3.79. The predicted molar refractivity (Wildman–Crippen MR) is 237 cm³/mol. The molecule has 11 aromatic rings. The molecule has 9 aromatic carbocycles. The molecule has 0 aliphatic carbocycles. The molecule has 0 radical (unpaired) electrons. The number of fused-ring (bicyclic) bond motifs is 6. The molecular formula is C54H36N2. The number of hydrogen-bond donors (Lipinski definition) is 0. The van der Waals surface area contributed by atoms with Crippen LogP contribution >= 0.6 is 0 Å². The highest BCUT2D eigenvalue weighted by atomic mass is 15.0. The second-order valence-electron chi connectivity index (χ2n) is 14.5. The molecule has 2 heteroatoms. The van der Waals surface area contributed by atoms with Crippen molar-refractivity contribution in [2.24, 2.45) is 0 Å². The molecule has 56 heavy (non-hydrogen) atoms. The highest BCUT2D eigenvalue weighted by Gasteiger charge is 2.19. The Hall–Kier alpha value is -7.42. The number of rotatable bonds is 6. The van der Waals surface area contributed by atoms with E-state index in [2.05, 4.69) is 228 Å². The SMILES string of the molecule is c1ccc(-c2ccc(-c3ccccc3)c(-n3c4ccccc4c4cc(-c5ccc6c(c5)c5ccccc5n6-c5ccccc5-c5ccccc5)ccc43)c2)cc1. The van der Waals surface area contributed by atoms with Crippen LogP contribution in [0.1, 0.15) is 0 Å². The number of aromatic nitrogens is 2. The van der Waals surface area contributed by atoms with E-state index in [-0.39, 0.29) is 0 Å². The van der Waals surface area contributed by atoms with Gasteiger partial charge in [0.1, 0.15) is 0 Å². The number of nitrogens with zero attached hydrogens (tertiary/aromatic N) is 2. The zero-order valence-electron chi connectivity index (χ0n) is 30.7. The lowest BCUT2D eigenvalue weighted by molar-refractivity contribution is 1.18. The quantitative estimate of drug-likeness (QED) is 0.162. The van der Waals surface area contributed by atoms with Gasteiger partial charge in [-0.3, -0.25) is 0 Å². The van der Waals surface area contributed by atoms with E-state index in [4.69, 9.17) is 0 Å². The summed E-state index contributed by atoms with van der Waals surface area (Å²) in [5, 5.41) is 4.97. The smallest absolute Gasteiger partial charge is 0.0546 e. The lowest BCUT2D eigenvalue weighted by atomic mass is 9.98. The minimum absolute atomic E-state index is 1.17. The summed E-state index contributed by atoms with van der Waals surface area (Å²) in [6, 6.07) is 79.4. The van der Waals surface area contributed by atoms with Gasteiger partial charge in [0.2, 0.25) is 0 Å². The maximum atomic E-state index is 2.46. The third kappa shape index (κ3) is 5.19. The van der Waals surface area contributed by atoms with Gasteiger partial charge in [0.25, 0.3) is 0 Å². The molecule has 0 fully saturated rings. The summed E-state index contributed by atoms with van der Waals surface area (Å²) in [5.41, 5.74) is 16.7. The Morgan fingerprint density at radius 2 is 0.607 bits per heavy atom. The minimum Gasteiger partial charge on any atom is -0.309 e. The lowest BCUT2D eigenvalue weighted by Gasteiger charge is -2.16. The van der Waals surface area contributed by atoms with E-state index in [1.54, 1.807) is 0 Å². The topological polar surface area (TPSA) is 9.86 Å². The Bertz CT molecular complexity index is 3220. The molecule has 0 unspecified atom stereocenters. The summed E-state index contributed by atoms with van der Waals surface area (Å²) >= 11 is 0. The van der Waals surface area contributed by atoms with Crippen LogP contribution in [0.2, 0.25) is 0 Å². The van der Waals surface area contributed by atoms with E-state index < -0.39 is 0 Å². The van der Waals surface area contributed by atoms with E-state index in [0.717, 1.165) is 0 Å². The van der Waals surface area contributed by atoms with Crippen LogP contribution in [-0.4, -0.2) is 9.13 Å². The monoisotopic (exact) mass is 712 g/mol. The molecule has 0 atom stereocenters. The molecule has 0 aliphatic rings. The summed E-state index contributed by atoms with van der Waals surface area (Å²) in [6.45, 7) is 0.